The van der Waals surface area contributed by atoms with Gasteiger partial charge in [0.1, 0.15) is 11.4 Å². The molecular weight excluding hydrogens is 202 g/mol. The van der Waals surface area contributed by atoms with Gasteiger partial charge in [0.15, 0.2) is 5.60 Å². The number of benzene rings is 1. The molecule has 1 aliphatic rings. The maximum Gasteiger partial charge on any atom is 0.285 e. The van der Waals surface area contributed by atoms with Crippen molar-refractivity contribution >= 4 is 23.4 Å². The van der Waals surface area contributed by atoms with E-state index in [9.17, 15) is 4.79 Å². The summed E-state index contributed by atoms with van der Waals surface area (Å²) in [5, 5.41) is 0. The predicted molar refractivity (Wildman–Crippen MR) is 54.5 cm³/mol. The Balaban J connectivity index is 2.53. The van der Waals surface area contributed by atoms with Gasteiger partial charge >= 0.3 is 0 Å². The Hall–Kier alpha value is -1.22. The molecular formula is C10H10ClNO2. The van der Waals surface area contributed by atoms with Crippen LogP contribution in [0, 0.1) is 0 Å². The minimum atomic E-state index is -0.893. The lowest BCUT2D eigenvalue weighted by Crippen LogP contribution is -2.48. The van der Waals surface area contributed by atoms with E-state index in [1.807, 2.05) is 12.1 Å². The number of amides is 1. The standard InChI is InChI=1S/C10H10ClNO2/c1-10(2)9(13)12(11)7-5-3-4-6-8(7)14-10/h3-6H,1-2H3. The molecule has 1 heterocycles. The number of carbonyl (C=O) groups excluding carboxylic acids is 1. The van der Waals surface area contributed by atoms with Gasteiger partial charge in [-0.2, -0.15) is 0 Å². The molecule has 74 valence electrons. The number of ether oxygens (including phenoxy) is 1. The van der Waals surface area contributed by atoms with Gasteiger partial charge < -0.3 is 4.74 Å². The first-order chi connectivity index (χ1) is 6.52. The summed E-state index contributed by atoms with van der Waals surface area (Å²) in [7, 11) is 0. The molecule has 0 aromatic heterocycles. The summed E-state index contributed by atoms with van der Waals surface area (Å²) < 4.78 is 6.64. The molecule has 1 aromatic rings. The Morgan fingerprint density at radius 3 is 2.71 bits per heavy atom. The summed E-state index contributed by atoms with van der Waals surface area (Å²) in [5.74, 6) is 0.380. The van der Waals surface area contributed by atoms with E-state index in [4.69, 9.17) is 16.5 Å². The Morgan fingerprint density at radius 2 is 2.00 bits per heavy atom. The molecule has 3 nitrogen and oxygen atoms in total. The largest absolute Gasteiger partial charge is 0.476 e. The molecule has 2 rings (SSSR count). The van der Waals surface area contributed by atoms with Crippen LogP contribution in [0.15, 0.2) is 24.3 Å². The van der Waals surface area contributed by atoms with Crippen LogP contribution in [0.4, 0.5) is 5.69 Å². The van der Waals surface area contributed by atoms with Crippen LogP contribution in [0.5, 0.6) is 5.75 Å². The Morgan fingerprint density at radius 1 is 1.36 bits per heavy atom. The van der Waals surface area contributed by atoms with Crippen LogP contribution >= 0.6 is 11.8 Å². The van der Waals surface area contributed by atoms with Gasteiger partial charge in [-0.3, -0.25) is 4.79 Å². The highest BCUT2D eigenvalue weighted by Crippen LogP contribution is 2.38. The van der Waals surface area contributed by atoms with Crippen LogP contribution in [0.3, 0.4) is 0 Å². The van der Waals surface area contributed by atoms with Crippen molar-refractivity contribution in [1.82, 2.24) is 0 Å². The minimum absolute atomic E-state index is 0.252. The van der Waals surface area contributed by atoms with Crippen LogP contribution in [0.2, 0.25) is 0 Å². The summed E-state index contributed by atoms with van der Waals surface area (Å²) in [6, 6.07) is 7.19. The molecule has 0 spiro atoms. The number of hydrogen-bond acceptors (Lipinski definition) is 2. The zero-order chi connectivity index (χ0) is 10.3. The van der Waals surface area contributed by atoms with Gasteiger partial charge in [0, 0.05) is 11.8 Å². The fourth-order valence-corrected chi connectivity index (χ4v) is 1.71. The lowest BCUT2D eigenvalue weighted by Gasteiger charge is -2.34. The fraction of sp³-hybridized carbons (Fsp3) is 0.300. The van der Waals surface area contributed by atoms with Gasteiger partial charge in [0.05, 0.1) is 0 Å². The lowest BCUT2D eigenvalue weighted by molar-refractivity contribution is -0.131. The third kappa shape index (κ3) is 1.24. The molecule has 1 aromatic carbocycles. The number of rotatable bonds is 0. The first-order valence-electron chi connectivity index (χ1n) is 4.31. The summed E-state index contributed by atoms with van der Waals surface area (Å²) >= 11 is 5.89. The summed E-state index contributed by atoms with van der Waals surface area (Å²) in [6.07, 6.45) is 0. The number of carbonyl (C=O) groups is 1. The number of anilines is 1. The second kappa shape index (κ2) is 2.89. The van der Waals surface area contributed by atoms with Gasteiger partial charge in [-0.15, -0.1) is 0 Å². The maximum absolute atomic E-state index is 11.7. The number of fused-ring (bicyclic) bond motifs is 1. The first-order valence-corrected chi connectivity index (χ1v) is 4.64. The number of para-hydroxylation sites is 2. The van der Waals surface area contributed by atoms with E-state index in [0.29, 0.717) is 11.4 Å². The Labute approximate surface area is 87.3 Å². The normalized spacial score (nSPS) is 18.8. The third-order valence-electron chi connectivity index (χ3n) is 2.14. The van der Waals surface area contributed by atoms with Crippen LogP contribution in [0.25, 0.3) is 0 Å². The highest BCUT2D eigenvalue weighted by molar-refractivity contribution is 6.38. The molecule has 14 heavy (non-hydrogen) atoms. The van der Waals surface area contributed by atoms with Crippen LogP contribution < -0.4 is 9.16 Å². The highest BCUT2D eigenvalue weighted by atomic mass is 35.5. The monoisotopic (exact) mass is 211 g/mol. The smallest absolute Gasteiger partial charge is 0.285 e. The van der Waals surface area contributed by atoms with Gasteiger partial charge in [-0.05, 0) is 26.0 Å². The van der Waals surface area contributed by atoms with Gasteiger partial charge in [0.2, 0.25) is 0 Å². The van der Waals surface area contributed by atoms with Crippen LogP contribution in [-0.2, 0) is 4.79 Å². The van der Waals surface area contributed by atoms with Crippen molar-refractivity contribution < 1.29 is 9.53 Å². The van der Waals surface area contributed by atoms with Gasteiger partial charge in [-0.25, -0.2) is 4.42 Å². The van der Waals surface area contributed by atoms with Crippen LogP contribution in [-0.4, -0.2) is 11.5 Å². The van der Waals surface area contributed by atoms with Crippen molar-refractivity contribution in [2.24, 2.45) is 0 Å². The molecule has 1 amide bonds. The number of hydrogen-bond donors (Lipinski definition) is 0. The molecule has 0 unspecified atom stereocenters. The topological polar surface area (TPSA) is 29.5 Å². The van der Waals surface area contributed by atoms with Crippen molar-refractivity contribution in [3.63, 3.8) is 0 Å². The zero-order valence-electron chi connectivity index (χ0n) is 7.95. The zero-order valence-corrected chi connectivity index (χ0v) is 8.71. The predicted octanol–water partition coefficient (Wildman–Crippen LogP) is 2.34. The second-order valence-electron chi connectivity index (χ2n) is 3.67. The van der Waals surface area contributed by atoms with Crippen molar-refractivity contribution in [3.8, 4) is 5.75 Å². The molecule has 0 atom stereocenters. The van der Waals surface area contributed by atoms with E-state index in [1.165, 1.54) is 0 Å². The van der Waals surface area contributed by atoms with Crippen molar-refractivity contribution in [2.45, 2.75) is 19.4 Å². The average molecular weight is 212 g/mol. The van der Waals surface area contributed by atoms with E-state index < -0.39 is 5.60 Å². The maximum atomic E-state index is 11.7. The molecule has 1 aliphatic heterocycles. The van der Waals surface area contributed by atoms with Crippen molar-refractivity contribution in [2.75, 3.05) is 4.42 Å². The molecule has 0 saturated carbocycles. The molecule has 0 aliphatic carbocycles. The van der Waals surface area contributed by atoms with E-state index >= 15 is 0 Å². The number of nitrogens with zero attached hydrogens (tertiary/aromatic N) is 1. The Bertz CT molecular complexity index is 389. The number of halogens is 1. The lowest BCUT2D eigenvalue weighted by atomic mass is 10.1. The van der Waals surface area contributed by atoms with E-state index in [2.05, 4.69) is 0 Å². The summed E-state index contributed by atoms with van der Waals surface area (Å²) in [5.41, 5.74) is -0.297. The highest BCUT2D eigenvalue weighted by Gasteiger charge is 2.40. The van der Waals surface area contributed by atoms with Gasteiger partial charge in [-0.1, -0.05) is 12.1 Å². The third-order valence-corrected chi connectivity index (χ3v) is 2.47. The second-order valence-corrected chi connectivity index (χ2v) is 4.00. The molecule has 0 N–H and O–H groups in total. The molecule has 0 radical (unpaired) electrons. The summed E-state index contributed by atoms with van der Waals surface area (Å²) in [6.45, 7) is 3.39. The molecule has 4 heteroatoms. The molecule has 0 bridgehead atoms. The minimum Gasteiger partial charge on any atom is -0.476 e. The van der Waals surface area contributed by atoms with E-state index in [0.717, 1.165) is 4.42 Å². The SMILES string of the molecule is CC1(C)Oc2ccccc2N(Cl)C1=O. The van der Waals surface area contributed by atoms with Crippen molar-refractivity contribution in [3.05, 3.63) is 24.3 Å². The molecule has 0 fully saturated rings. The fourth-order valence-electron chi connectivity index (χ4n) is 1.37. The Kier molecular flexibility index (Phi) is 1.93. The summed E-state index contributed by atoms with van der Waals surface area (Å²) in [4.78, 5) is 11.7. The average Bonchev–Trinajstić information content (AvgIpc) is 2.14. The van der Waals surface area contributed by atoms with Crippen molar-refractivity contribution in [1.29, 1.82) is 0 Å². The van der Waals surface area contributed by atoms with E-state index in [1.54, 1.807) is 26.0 Å². The van der Waals surface area contributed by atoms with Gasteiger partial charge in [0.25, 0.3) is 5.91 Å². The first kappa shape index (κ1) is 9.34. The van der Waals surface area contributed by atoms with Crippen LogP contribution in [0.1, 0.15) is 13.8 Å². The quantitative estimate of drug-likeness (QED) is 0.617. The molecule has 0 saturated heterocycles. The van der Waals surface area contributed by atoms with E-state index in [-0.39, 0.29) is 5.91 Å².